The smallest absolute Gasteiger partial charge is 0.258 e. The molecule has 1 amide bonds. The lowest BCUT2D eigenvalue weighted by Gasteiger charge is -2.14. The highest BCUT2D eigenvalue weighted by Crippen LogP contribution is 2.12. The normalized spacial score (nSPS) is 11.7. The van der Waals surface area contributed by atoms with Crippen molar-refractivity contribution in [2.75, 3.05) is 6.61 Å². The Labute approximate surface area is 138 Å². The highest BCUT2D eigenvalue weighted by molar-refractivity contribution is 5.77. The number of hydrogen-bond acceptors (Lipinski definition) is 2. The van der Waals surface area contributed by atoms with Gasteiger partial charge in [0.2, 0.25) is 0 Å². The summed E-state index contributed by atoms with van der Waals surface area (Å²) in [5, 5.41) is 2.98. The van der Waals surface area contributed by atoms with Crippen molar-refractivity contribution in [2.45, 2.75) is 39.2 Å². The molecule has 3 nitrogen and oxygen atoms in total. The van der Waals surface area contributed by atoms with Gasteiger partial charge in [0, 0.05) is 6.04 Å². The third kappa shape index (κ3) is 6.15. The minimum absolute atomic E-state index is 0.0567. The standard InChI is InChI=1S/C20H25NO2/c1-3-17-11-13-19(14-12-17)23-15-20(22)21-16(2)9-10-18-7-5-4-6-8-18/h4-8,11-14,16H,3,9-10,15H2,1-2H3,(H,21,22)/t16-/m1/s1. The van der Waals surface area contributed by atoms with Gasteiger partial charge in [-0.15, -0.1) is 0 Å². The van der Waals surface area contributed by atoms with Crippen LogP contribution in [0.25, 0.3) is 0 Å². The average Bonchev–Trinajstić information content (AvgIpc) is 2.59. The Bertz CT molecular complexity index is 593. The third-order valence-electron chi connectivity index (χ3n) is 3.82. The van der Waals surface area contributed by atoms with Gasteiger partial charge in [0.05, 0.1) is 0 Å². The third-order valence-corrected chi connectivity index (χ3v) is 3.82. The number of carbonyl (C=O) groups excluding carboxylic acids is 1. The van der Waals surface area contributed by atoms with E-state index in [-0.39, 0.29) is 18.6 Å². The van der Waals surface area contributed by atoms with Crippen molar-refractivity contribution in [3.05, 3.63) is 65.7 Å². The van der Waals surface area contributed by atoms with E-state index in [1.807, 2.05) is 49.4 Å². The van der Waals surface area contributed by atoms with Gasteiger partial charge >= 0.3 is 0 Å². The van der Waals surface area contributed by atoms with Crippen LogP contribution in [0.4, 0.5) is 0 Å². The molecular formula is C20H25NO2. The Kier molecular flexibility index (Phi) is 6.67. The molecule has 0 bridgehead atoms. The molecule has 122 valence electrons. The summed E-state index contributed by atoms with van der Waals surface area (Å²) in [4.78, 5) is 11.9. The van der Waals surface area contributed by atoms with Crippen molar-refractivity contribution in [1.82, 2.24) is 5.32 Å². The largest absolute Gasteiger partial charge is 0.484 e. The minimum atomic E-state index is -0.0786. The molecule has 1 atom stereocenters. The van der Waals surface area contributed by atoms with E-state index in [9.17, 15) is 4.79 Å². The van der Waals surface area contributed by atoms with Crippen molar-refractivity contribution in [1.29, 1.82) is 0 Å². The van der Waals surface area contributed by atoms with E-state index in [1.54, 1.807) is 0 Å². The number of aryl methyl sites for hydroxylation is 2. The molecule has 0 radical (unpaired) electrons. The van der Waals surface area contributed by atoms with E-state index < -0.39 is 0 Å². The van der Waals surface area contributed by atoms with Crippen LogP contribution in [0, 0.1) is 0 Å². The number of nitrogens with one attached hydrogen (secondary N) is 1. The lowest BCUT2D eigenvalue weighted by Crippen LogP contribution is -2.36. The van der Waals surface area contributed by atoms with Gasteiger partial charge in [-0.05, 0) is 49.4 Å². The van der Waals surface area contributed by atoms with Crippen molar-refractivity contribution < 1.29 is 9.53 Å². The molecule has 2 rings (SSSR count). The monoisotopic (exact) mass is 311 g/mol. The maximum Gasteiger partial charge on any atom is 0.258 e. The number of ether oxygens (including phenoxy) is 1. The van der Waals surface area contributed by atoms with E-state index in [0.29, 0.717) is 0 Å². The number of benzene rings is 2. The summed E-state index contributed by atoms with van der Waals surface area (Å²) in [5.41, 5.74) is 2.55. The van der Waals surface area contributed by atoms with Gasteiger partial charge in [-0.3, -0.25) is 4.79 Å². The molecule has 1 N–H and O–H groups in total. The molecule has 0 unspecified atom stereocenters. The van der Waals surface area contributed by atoms with Crippen LogP contribution in [0.15, 0.2) is 54.6 Å². The van der Waals surface area contributed by atoms with Crippen LogP contribution in [0.1, 0.15) is 31.4 Å². The van der Waals surface area contributed by atoms with Crippen LogP contribution < -0.4 is 10.1 Å². The van der Waals surface area contributed by atoms with Crippen LogP contribution in [0.5, 0.6) is 5.75 Å². The summed E-state index contributed by atoms with van der Waals surface area (Å²) >= 11 is 0. The lowest BCUT2D eigenvalue weighted by atomic mass is 10.1. The molecule has 0 fully saturated rings. The quantitative estimate of drug-likeness (QED) is 0.806. The average molecular weight is 311 g/mol. The summed E-state index contributed by atoms with van der Waals surface area (Å²) in [6.07, 6.45) is 2.88. The van der Waals surface area contributed by atoms with Gasteiger partial charge in [-0.2, -0.15) is 0 Å². The molecule has 0 aliphatic carbocycles. The van der Waals surface area contributed by atoms with E-state index in [2.05, 4.69) is 24.4 Å². The van der Waals surface area contributed by atoms with Crippen molar-refractivity contribution in [2.24, 2.45) is 0 Å². The van der Waals surface area contributed by atoms with E-state index in [4.69, 9.17) is 4.74 Å². The predicted octanol–water partition coefficient (Wildman–Crippen LogP) is 3.77. The highest BCUT2D eigenvalue weighted by Gasteiger charge is 2.08. The minimum Gasteiger partial charge on any atom is -0.484 e. The molecule has 0 saturated carbocycles. The zero-order chi connectivity index (χ0) is 16.5. The first-order valence-electron chi connectivity index (χ1n) is 8.22. The first-order valence-corrected chi connectivity index (χ1v) is 8.22. The molecule has 3 heteroatoms. The van der Waals surface area contributed by atoms with Crippen LogP contribution in [-0.4, -0.2) is 18.6 Å². The fourth-order valence-corrected chi connectivity index (χ4v) is 2.39. The molecule has 0 spiro atoms. The number of hydrogen-bond donors (Lipinski definition) is 1. The summed E-state index contributed by atoms with van der Waals surface area (Å²) in [6, 6.07) is 18.3. The maximum absolute atomic E-state index is 11.9. The predicted molar refractivity (Wildman–Crippen MR) is 93.7 cm³/mol. The molecule has 2 aromatic carbocycles. The SMILES string of the molecule is CCc1ccc(OCC(=O)N[C@H](C)CCc2ccccc2)cc1. The summed E-state index contributed by atoms with van der Waals surface area (Å²) in [6.45, 7) is 4.19. The summed E-state index contributed by atoms with van der Waals surface area (Å²) < 4.78 is 5.52. The fraction of sp³-hybridized carbons (Fsp3) is 0.350. The van der Waals surface area contributed by atoms with Gasteiger partial charge in [-0.1, -0.05) is 49.4 Å². The van der Waals surface area contributed by atoms with Gasteiger partial charge in [-0.25, -0.2) is 0 Å². The maximum atomic E-state index is 11.9. The molecule has 0 aromatic heterocycles. The van der Waals surface area contributed by atoms with Crippen LogP contribution in [-0.2, 0) is 17.6 Å². The fourth-order valence-electron chi connectivity index (χ4n) is 2.39. The first kappa shape index (κ1) is 17.1. The Morgan fingerprint density at radius 1 is 1.04 bits per heavy atom. The Hall–Kier alpha value is -2.29. The zero-order valence-corrected chi connectivity index (χ0v) is 13.9. The molecule has 23 heavy (non-hydrogen) atoms. The summed E-state index contributed by atoms with van der Waals surface area (Å²) in [7, 11) is 0. The molecule has 0 aliphatic rings. The van der Waals surface area contributed by atoms with E-state index in [0.717, 1.165) is 25.0 Å². The number of rotatable bonds is 8. The second kappa shape index (κ2) is 8.99. The van der Waals surface area contributed by atoms with Crippen molar-refractivity contribution >= 4 is 5.91 Å². The highest BCUT2D eigenvalue weighted by atomic mass is 16.5. The molecule has 0 heterocycles. The second-order valence-electron chi connectivity index (χ2n) is 5.78. The zero-order valence-electron chi connectivity index (χ0n) is 13.9. The molecule has 0 aliphatic heterocycles. The van der Waals surface area contributed by atoms with Crippen molar-refractivity contribution in [3.8, 4) is 5.75 Å². The Morgan fingerprint density at radius 3 is 2.39 bits per heavy atom. The van der Waals surface area contributed by atoms with Gasteiger partial charge in [0.25, 0.3) is 5.91 Å². The van der Waals surface area contributed by atoms with Gasteiger partial charge in [0.15, 0.2) is 6.61 Å². The van der Waals surface area contributed by atoms with Crippen LogP contribution in [0.3, 0.4) is 0 Å². The lowest BCUT2D eigenvalue weighted by molar-refractivity contribution is -0.123. The summed E-state index contributed by atoms with van der Waals surface area (Å²) in [5.74, 6) is 0.652. The van der Waals surface area contributed by atoms with Gasteiger partial charge in [0.1, 0.15) is 5.75 Å². The number of amides is 1. The van der Waals surface area contributed by atoms with Crippen LogP contribution in [0.2, 0.25) is 0 Å². The van der Waals surface area contributed by atoms with Crippen molar-refractivity contribution in [3.63, 3.8) is 0 Å². The second-order valence-corrected chi connectivity index (χ2v) is 5.78. The van der Waals surface area contributed by atoms with E-state index in [1.165, 1.54) is 11.1 Å². The Morgan fingerprint density at radius 2 is 1.74 bits per heavy atom. The Balaban J connectivity index is 1.69. The molecular weight excluding hydrogens is 286 g/mol. The number of carbonyl (C=O) groups is 1. The van der Waals surface area contributed by atoms with Crippen LogP contribution >= 0.6 is 0 Å². The van der Waals surface area contributed by atoms with Gasteiger partial charge < -0.3 is 10.1 Å². The first-order chi connectivity index (χ1) is 11.2. The molecule has 2 aromatic rings. The molecule has 0 saturated heterocycles. The van der Waals surface area contributed by atoms with E-state index >= 15 is 0 Å². The topological polar surface area (TPSA) is 38.3 Å².